The molecule has 0 bridgehead atoms. The smallest absolute Gasteiger partial charge is 0.267 e. The lowest BCUT2D eigenvalue weighted by molar-refractivity contribution is -0.137. The minimum Gasteiger partial charge on any atom is -0.267 e. The van der Waals surface area contributed by atoms with Crippen molar-refractivity contribution in [1.82, 2.24) is 24.3 Å². The summed E-state index contributed by atoms with van der Waals surface area (Å²) in [6.45, 7) is 0.188. The van der Waals surface area contributed by atoms with E-state index in [1.54, 1.807) is 0 Å². The van der Waals surface area contributed by atoms with Crippen LogP contribution in [0.5, 0.6) is 0 Å². The molecule has 0 saturated heterocycles. The lowest BCUT2D eigenvalue weighted by Crippen LogP contribution is -2.37. The van der Waals surface area contributed by atoms with E-state index in [1.807, 2.05) is 30.3 Å². The Bertz CT molecular complexity index is 1300. The highest BCUT2D eigenvalue weighted by atomic mass is 19.4. The average Bonchev–Trinajstić information content (AvgIpc) is 2.73. The number of hydrogen-bond donors (Lipinski definition) is 0. The van der Waals surface area contributed by atoms with Gasteiger partial charge in [0, 0.05) is 12.6 Å². The molecule has 0 atom stereocenters. The van der Waals surface area contributed by atoms with Gasteiger partial charge >= 0.3 is 11.9 Å². The van der Waals surface area contributed by atoms with Crippen molar-refractivity contribution < 1.29 is 13.2 Å². The molecule has 2 aromatic carbocycles. The van der Waals surface area contributed by atoms with Crippen LogP contribution in [0.15, 0.2) is 64.2 Å². The molecule has 0 aromatic heterocycles. The molecule has 10 heteroatoms. The molecular formula is C20H14F3N5O2. The number of nitrogens with zero attached hydrogens (tertiary/aromatic N) is 5. The second-order valence-electron chi connectivity index (χ2n) is 6.58. The minimum absolute atomic E-state index is 0.00242. The van der Waals surface area contributed by atoms with Crippen LogP contribution in [0.3, 0.4) is 0 Å². The predicted molar refractivity (Wildman–Crippen MR) is 102 cm³/mol. The number of benzene rings is 2. The number of hydrogen-bond acceptors (Lipinski definition) is 5. The maximum absolute atomic E-state index is 12.9. The summed E-state index contributed by atoms with van der Waals surface area (Å²) in [6.07, 6.45) is -4.47. The van der Waals surface area contributed by atoms with Crippen LogP contribution in [0.1, 0.15) is 11.1 Å². The highest BCUT2D eigenvalue weighted by molar-refractivity contribution is 5.60. The van der Waals surface area contributed by atoms with E-state index in [0.717, 1.165) is 22.3 Å². The van der Waals surface area contributed by atoms with Crippen molar-refractivity contribution in [2.45, 2.75) is 12.7 Å². The summed E-state index contributed by atoms with van der Waals surface area (Å²) in [7, 11) is 1.28. The Hall–Kier alpha value is -3.82. The SMILES string of the molecule is Cn1c(=O)nc2n(Cc3ccccc3)nc(-c3ccc(C(F)(F)F)cc3)nc-2c1=O. The second-order valence-corrected chi connectivity index (χ2v) is 6.58. The van der Waals surface area contributed by atoms with E-state index in [1.165, 1.54) is 23.9 Å². The van der Waals surface area contributed by atoms with Gasteiger partial charge in [0.25, 0.3) is 5.56 Å². The number of halogens is 3. The van der Waals surface area contributed by atoms with Gasteiger partial charge in [0.1, 0.15) is 0 Å². The van der Waals surface area contributed by atoms with Gasteiger partial charge in [-0.15, -0.1) is 0 Å². The van der Waals surface area contributed by atoms with E-state index in [0.29, 0.717) is 5.56 Å². The zero-order valence-corrected chi connectivity index (χ0v) is 15.6. The molecule has 0 amide bonds. The Morgan fingerprint density at radius 3 is 2.23 bits per heavy atom. The van der Waals surface area contributed by atoms with Crippen LogP contribution in [0.2, 0.25) is 0 Å². The highest BCUT2D eigenvalue weighted by Crippen LogP contribution is 2.30. The van der Waals surface area contributed by atoms with Crippen molar-refractivity contribution in [1.29, 1.82) is 0 Å². The van der Waals surface area contributed by atoms with Crippen LogP contribution in [-0.4, -0.2) is 24.3 Å². The maximum Gasteiger partial charge on any atom is 0.416 e. The van der Waals surface area contributed by atoms with E-state index in [4.69, 9.17) is 0 Å². The van der Waals surface area contributed by atoms with Crippen LogP contribution in [0, 0.1) is 0 Å². The molecule has 152 valence electrons. The topological polar surface area (TPSA) is 82.7 Å². The molecule has 2 heterocycles. The molecule has 4 rings (SSSR count). The molecule has 0 fully saturated rings. The van der Waals surface area contributed by atoms with Crippen molar-refractivity contribution in [2.24, 2.45) is 7.05 Å². The maximum atomic E-state index is 12.9. The first-order chi connectivity index (χ1) is 14.2. The largest absolute Gasteiger partial charge is 0.416 e. The van der Waals surface area contributed by atoms with Crippen LogP contribution in [0.4, 0.5) is 13.2 Å². The Labute approximate surface area is 167 Å². The van der Waals surface area contributed by atoms with Crippen molar-refractivity contribution in [3.8, 4) is 22.9 Å². The van der Waals surface area contributed by atoms with Crippen LogP contribution >= 0.6 is 0 Å². The fraction of sp³-hybridized carbons (Fsp3) is 0.150. The van der Waals surface area contributed by atoms with Crippen LogP contribution < -0.4 is 11.2 Å². The summed E-state index contributed by atoms with van der Waals surface area (Å²) in [6, 6.07) is 13.4. The minimum atomic E-state index is -4.47. The molecule has 7 nitrogen and oxygen atoms in total. The summed E-state index contributed by atoms with van der Waals surface area (Å²) < 4.78 is 40.7. The summed E-state index contributed by atoms with van der Waals surface area (Å²) in [5.41, 5.74) is -1.20. The van der Waals surface area contributed by atoms with Gasteiger partial charge in [-0.25, -0.2) is 14.5 Å². The van der Waals surface area contributed by atoms with Gasteiger partial charge in [0.05, 0.1) is 12.1 Å². The average molecular weight is 413 g/mol. The lowest BCUT2D eigenvalue weighted by atomic mass is 10.1. The zero-order chi connectivity index (χ0) is 21.5. The summed E-state index contributed by atoms with van der Waals surface area (Å²) in [5.74, 6) is 0.0484. The van der Waals surface area contributed by atoms with E-state index in [9.17, 15) is 22.8 Å². The van der Waals surface area contributed by atoms with Crippen LogP contribution in [-0.2, 0) is 19.8 Å². The van der Waals surface area contributed by atoms with Crippen LogP contribution in [0.25, 0.3) is 22.9 Å². The first-order valence-corrected chi connectivity index (χ1v) is 8.81. The predicted octanol–water partition coefficient (Wildman–Crippen LogP) is 2.57. The molecule has 0 spiro atoms. The molecule has 0 unspecified atom stereocenters. The first kappa shape index (κ1) is 19.5. The molecule has 0 radical (unpaired) electrons. The molecule has 0 saturated carbocycles. The van der Waals surface area contributed by atoms with Gasteiger partial charge < -0.3 is 0 Å². The highest BCUT2D eigenvalue weighted by Gasteiger charge is 2.30. The Kier molecular flexibility index (Phi) is 4.69. The zero-order valence-electron chi connectivity index (χ0n) is 15.6. The molecule has 30 heavy (non-hydrogen) atoms. The molecule has 2 aliphatic heterocycles. The normalized spacial score (nSPS) is 11.7. The third kappa shape index (κ3) is 3.59. The molecule has 0 N–H and O–H groups in total. The van der Waals surface area contributed by atoms with Crippen molar-refractivity contribution in [3.05, 3.63) is 86.6 Å². The number of aromatic nitrogens is 5. The first-order valence-electron chi connectivity index (χ1n) is 8.81. The van der Waals surface area contributed by atoms with Crippen molar-refractivity contribution >= 4 is 0 Å². The van der Waals surface area contributed by atoms with Gasteiger partial charge in [-0.05, 0) is 17.7 Å². The monoisotopic (exact) mass is 413 g/mol. The standard InChI is InChI=1S/C20H14F3N5O2/c1-27-18(29)15-17(25-19(27)30)28(11-12-5-3-2-4-6-12)26-16(24-15)13-7-9-14(10-8-13)20(21,22)23/h2-10H,11H2,1H3. The molecule has 2 aliphatic rings. The summed E-state index contributed by atoms with van der Waals surface area (Å²) in [5, 5.41) is 4.34. The van der Waals surface area contributed by atoms with E-state index < -0.39 is 23.0 Å². The number of rotatable bonds is 3. The number of alkyl halides is 3. The van der Waals surface area contributed by atoms with Crippen molar-refractivity contribution in [3.63, 3.8) is 0 Å². The summed E-state index contributed by atoms with van der Waals surface area (Å²) in [4.78, 5) is 32.7. The van der Waals surface area contributed by atoms with Gasteiger partial charge in [-0.2, -0.15) is 23.3 Å². The summed E-state index contributed by atoms with van der Waals surface area (Å²) >= 11 is 0. The number of fused-ring (bicyclic) bond motifs is 1. The van der Waals surface area contributed by atoms with Gasteiger partial charge in [0.2, 0.25) is 0 Å². The second kappa shape index (κ2) is 7.21. The quantitative estimate of drug-likeness (QED) is 0.516. The Morgan fingerprint density at radius 1 is 0.933 bits per heavy atom. The van der Waals surface area contributed by atoms with E-state index >= 15 is 0 Å². The molecule has 0 aliphatic carbocycles. The molecular weight excluding hydrogens is 399 g/mol. The van der Waals surface area contributed by atoms with Gasteiger partial charge in [-0.3, -0.25) is 9.36 Å². The fourth-order valence-electron chi connectivity index (χ4n) is 2.92. The third-order valence-electron chi connectivity index (χ3n) is 4.53. The van der Waals surface area contributed by atoms with Crippen molar-refractivity contribution in [2.75, 3.05) is 0 Å². The third-order valence-corrected chi connectivity index (χ3v) is 4.53. The van der Waals surface area contributed by atoms with E-state index in [-0.39, 0.29) is 23.9 Å². The van der Waals surface area contributed by atoms with Gasteiger partial charge in [0.15, 0.2) is 17.3 Å². The molecule has 2 aromatic rings. The van der Waals surface area contributed by atoms with Gasteiger partial charge in [-0.1, -0.05) is 42.5 Å². The fourth-order valence-corrected chi connectivity index (χ4v) is 2.92. The Morgan fingerprint density at radius 2 is 1.60 bits per heavy atom. The Balaban J connectivity index is 1.91. The lowest BCUT2D eigenvalue weighted by Gasteiger charge is -2.15. The van der Waals surface area contributed by atoms with E-state index in [2.05, 4.69) is 15.1 Å².